The standard InChI is InChI=1S/C37H49N3/c1-3-22-39-23-20-33(21-24-39)28-38-30(2)34-16-14-31(15-17-34)27-32-18-25-40(26-19-32)29-37(35-10-6-4-7-11-35)36-12-8-5-9-13-36/h4-17,32-33,37-38H,2-3,18-29H2,1H3. The Kier molecular flexibility index (Phi) is 10.5. The zero-order valence-electron chi connectivity index (χ0n) is 24.6. The second-order valence-electron chi connectivity index (χ2n) is 12.2. The molecule has 0 bridgehead atoms. The molecule has 3 nitrogen and oxygen atoms in total. The summed E-state index contributed by atoms with van der Waals surface area (Å²) in [4.78, 5) is 5.30. The topological polar surface area (TPSA) is 18.5 Å². The van der Waals surface area contributed by atoms with E-state index < -0.39 is 0 Å². The van der Waals surface area contributed by atoms with Gasteiger partial charge in [0.2, 0.25) is 0 Å². The van der Waals surface area contributed by atoms with E-state index >= 15 is 0 Å². The van der Waals surface area contributed by atoms with Crippen molar-refractivity contribution in [3.05, 3.63) is 114 Å². The number of benzene rings is 3. The van der Waals surface area contributed by atoms with Crippen LogP contribution in [0.3, 0.4) is 0 Å². The van der Waals surface area contributed by atoms with Crippen LogP contribution in [-0.2, 0) is 6.42 Å². The van der Waals surface area contributed by atoms with Gasteiger partial charge in [-0.1, -0.05) is 98.4 Å². The van der Waals surface area contributed by atoms with E-state index in [-0.39, 0.29) is 0 Å². The maximum atomic E-state index is 4.35. The van der Waals surface area contributed by atoms with E-state index in [4.69, 9.17) is 0 Å². The van der Waals surface area contributed by atoms with Crippen molar-refractivity contribution in [3.8, 4) is 0 Å². The summed E-state index contributed by atoms with van der Waals surface area (Å²) in [6, 6.07) is 31.3. The van der Waals surface area contributed by atoms with Crippen molar-refractivity contribution in [1.82, 2.24) is 15.1 Å². The summed E-state index contributed by atoms with van der Waals surface area (Å²) in [5.74, 6) is 1.97. The maximum absolute atomic E-state index is 4.35. The summed E-state index contributed by atoms with van der Waals surface area (Å²) in [6.07, 6.45) is 7.62. The monoisotopic (exact) mass is 535 g/mol. The maximum Gasteiger partial charge on any atom is 0.0340 e. The summed E-state index contributed by atoms with van der Waals surface area (Å²) in [6.45, 7) is 14.9. The lowest BCUT2D eigenvalue weighted by Gasteiger charge is -2.34. The van der Waals surface area contributed by atoms with E-state index in [1.807, 2.05) is 0 Å². The first-order chi connectivity index (χ1) is 19.7. The molecule has 0 spiro atoms. The first kappa shape index (κ1) is 28.6. The predicted octanol–water partition coefficient (Wildman–Crippen LogP) is 7.46. The quantitative estimate of drug-likeness (QED) is 0.260. The first-order valence-electron chi connectivity index (χ1n) is 15.7. The van der Waals surface area contributed by atoms with Crippen LogP contribution in [0, 0.1) is 11.8 Å². The Balaban J connectivity index is 1.06. The minimum atomic E-state index is 0.432. The van der Waals surface area contributed by atoms with Crippen LogP contribution in [0.4, 0.5) is 0 Å². The van der Waals surface area contributed by atoms with Crippen LogP contribution in [0.1, 0.15) is 67.2 Å². The predicted molar refractivity (Wildman–Crippen MR) is 171 cm³/mol. The molecule has 0 unspecified atom stereocenters. The number of nitrogens with one attached hydrogen (secondary N) is 1. The number of hydrogen-bond acceptors (Lipinski definition) is 3. The molecule has 40 heavy (non-hydrogen) atoms. The molecule has 2 aliphatic rings. The van der Waals surface area contributed by atoms with Gasteiger partial charge < -0.3 is 15.1 Å². The summed E-state index contributed by atoms with van der Waals surface area (Å²) >= 11 is 0. The molecule has 0 aromatic heterocycles. The minimum absolute atomic E-state index is 0.432. The van der Waals surface area contributed by atoms with Crippen LogP contribution < -0.4 is 5.32 Å². The van der Waals surface area contributed by atoms with Gasteiger partial charge in [-0.15, -0.1) is 0 Å². The third kappa shape index (κ3) is 8.08. The minimum Gasteiger partial charge on any atom is -0.385 e. The summed E-state index contributed by atoms with van der Waals surface area (Å²) in [7, 11) is 0. The van der Waals surface area contributed by atoms with Crippen molar-refractivity contribution < 1.29 is 0 Å². The van der Waals surface area contributed by atoms with Gasteiger partial charge in [0.15, 0.2) is 0 Å². The zero-order valence-corrected chi connectivity index (χ0v) is 24.6. The van der Waals surface area contributed by atoms with Gasteiger partial charge in [-0.25, -0.2) is 0 Å². The second-order valence-corrected chi connectivity index (χ2v) is 12.2. The van der Waals surface area contributed by atoms with Gasteiger partial charge in [0.25, 0.3) is 0 Å². The van der Waals surface area contributed by atoms with Gasteiger partial charge in [-0.3, -0.25) is 0 Å². The van der Waals surface area contributed by atoms with Crippen LogP contribution in [0.2, 0.25) is 0 Å². The molecule has 0 radical (unpaired) electrons. The lowest BCUT2D eigenvalue weighted by atomic mass is 9.87. The Morgan fingerprint density at radius 2 is 1.30 bits per heavy atom. The molecule has 2 saturated heterocycles. The Morgan fingerprint density at radius 3 is 1.88 bits per heavy atom. The molecular weight excluding hydrogens is 486 g/mol. The van der Waals surface area contributed by atoms with Crippen LogP contribution in [-0.4, -0.2) is 55.6 Å². The highest BCUT2D eigenvalue weighted by atomic mass is 15.1. The molecule has 0 saturated carbocycles. The molecule has 3 heteroatoms. The summed E-state index contributed by atoms with van der Waals surface area (Å²) in [5, 5.41) is 3.64. The first-order valence-corrected chi connectivity index (χ1v) is 15.7. The lowest BCUT2D eigenvalue weighted by Crippen LogP contribution is -2.37. The summed E-state index contributed by atoms with van der Waals surface area (Å²) < 4.78 is 0. The lowest BCUT2D eigenvalue weighted by molar-refractivity contribution is 0.179. The molecule has 3 aromatic rings. The molecule has 2 aliphatic heterocycles. The fourth-order valence-electron chi connectivity index (χ4n) is 6.68. The molecule has 2 fully saturated rings. The van der Waals surface area contributed by atoms with Gasteiger partial charge in [0.1, 0.15) is 0 Å². The van der Waals surface area contributed by atoms with Gasteiger partial charge in [0, 0.05) is 24.7 Å². The highest BCUT2D eigenvalue weighted by Gasteiger charge is 2.24. The van der Waals surface area contributed by atoms with Crippen molar-refractivity contribution in [2.24, 2.45) is 11.8 Å². The van der Waals surface area contributed by atoms with E-state index in [0.717, 1.165) is 30.6 Å². The highest BCUT2D eigenvalue weighted by Crippen LogP contribution is 2.29. The van der Waals surface area contributed by atoms with Crippen molar-refractivity contribution >= 4 is 5.70 Å². The normalized spacial score (nSPS) is 17.8. The molecule has 1 N–H and O–H groups in total. The van der Waals surface area contributed by atoms with Gasteiger partial charge in [-0.2, -0.15) is 0 Å². The smallest absolute Gasteiger partial charge is 0.0340 e. The second kappa shape index (κ2) is 14.7. The van der Waals surface area contributed by atoms with Crippen LogP contribution in [0.5, 0.6) is 0 Å². The molecule has 0 atom stereocenters. The average molecular weight is 536 g/mol. The van der Waals surface area contributed by atoms with Crippen LogP contribution >= 0.6 is 0 Å². The van der Waals surface area contributed by atoms with E-state index in [0.29, 0.717) is 5.92 Å². The van der Waals surface area contributed by atoms with Crippen molar-refractivity contribution in [1.29, 1.82) is 0 Å². The van der Waals surface area contributed by atoms with E-state index in [2.05, 4.69) is 114 Å². The highest BCUT2D eigenvalue weighted by molar-refractivity contribution is 5.61. The average Bonchev–Trinajstić information content (AvgIpc) is 3.01. The Morgan fingerprint density at radius 1 is 0.750 bits per heavy atom. The third-order valence-corrected chi connectivity index (χ3v) is 9.23. The Hall–Kier alpha value is -2.88. The molecule has 0 amide bonds. The van der Waals surface area contributed by atoms with Gasteiger partial charge >= 0.3 is 0 Å². The van der Waals surface area contributed by atoms with Gasteiger partial charge in [0.05, 0.1) is 0 Å². The van der Waals surface area contributed by atoms with Crippen LogP contribution in [0.15, 0.2) is 91.5 Å². The number of nitrogens with zero attached hydrogens (tertiary/aromatic N) is 2. The molecule has 3 aromatic carbocycles. The number of rotatable bonds is 12. The fraction of sp³-hybridized carbons (Fsp3) is 0.459. The molecule has 2 heterocycles. The van der Waals surface area contributed by atoms with Crippen molar-refractivity contribution in [3.63, 3.8) is 0 Å². The summed E-state index contributed by atoms with van der Waals surface area (Å²) in [5.41, 5.74) is 6.61. The molecule has 0 aliphatic carbocycles. The van der Waals surface area contributed by atoms with E-state index in [1.54, 1.807) is 0 Å². The van der Waals surface area contributed by atoms with E-state index in [9.17, 15) is 0 Å². The number of likely N-dealkylation sites (tertiary alicyclic amines) is 2. The number of piperidine rings is 2. The van der Waals surface area contributed by atoms with Crippen molar-refractivity contribution in [2.45, 2.75) is 51.4 Å². The molecule has 5 rings (SSSR count). The SMILES string of the molecule is C=C(NCC1CCN(CCC)CC1)c1ccc(CC2CCN(CC(c3ccccc3)c3ccccc3)CC2)cc1. The zero-order chi connectivity index (χ0) is 27.6. The Bertz CT molecular complexity index is 1100. The molecular formula is C37H49N3. The van der Waals surface area contributed by atoms with E-state index in [1.165, 1.54) is 93.5 Å². The van der Waals surface area contributed by atoms with Gasteiger partial charge in [-0.05, 0) is 105 Å². The van der Waals surface area contributed by atoms with Crippen molar-refractivity contribution in [2.75, 3.05) is 45.8 Å². The van der Waals surface area contributed by atoms with Crippen LogP contribution in [0.25, 0.3) is 5.70 Å². The third-order valence-electron chi connectivity index (χ3n) is 9.23. The largest absolute Gasteiger partial charge is 0.385 e. The number of hydrogen-bond donors (Lipinski definition) is 1. The Labute approximate surface area is 243 Å². The molecule has 212 valence electrons. The fourth-order valence-corrected chi connectivity index (χ4v) is 6.68.